The van der Waals surface area contributed by atoms with Crippen molar-refractivity contribution in [1.82, 2.24) is 5.32 Å². The SMILES string of the molecule is COC(=O)C1CC2(CN1)C(C)(C)C21CCC1. The highest BCUT2D eigenvalue weighted by Gasteiger charge is 2.83. The molecular weight excluding hydrogens is 202 g/mol. The van der Waals surface area contributed by atoms with Gasteiger partial charge < -0.3 is 10.1 Å². The minimum Gasteiger partial charge on any atom is -0.468 e. The zero-order valence-electron chi connectivity index (χ0n) is 10.4. The number of carbonyl (C=O) groups excluding carboxylic acids is 1. The normalized spacial score (nSPS) is 42.1. The maximum atomic E-state index is 11.6. The van der Waals surface area contributed by atoms with Crippen LogP contribution in [0.2, 0.25) is 0 Å². The van der Waals surface area contributed by atoms with E-state index in [-0.39, 0.29) is 12.0 Å². The molecule has 1 saturated heterocycles. The van der Waals surface area contributed by atoms with E-state index in [0.29, 0.717) is 16.2 Å². The molecule has 3 rings (SSSR count). The lowest BCUT2D eigenvalue weighted by Gasteiger charge is -2.31. The van der Waals surface area contributed by atoms with E-state index < -0.39 is 0 Å². The van der Waals surface area contributed by atoms with Gasteiger partial charge in [0.25, 0.3) is 0 Å². The second kappa shape index (κ2) is 2.81. The maximum absolute atomic E-state index is 11.6. The van der Waals surface area contributed by atoms with Crippen LogP contribution in [0.25, 0.3) is 0 Å². The summed E-state index contributed by atoms with van der Waals surface area (Å²) in [4.78, 5) is 11.6. The van der Waals surface area contributed by atoms with Crippen LogP contribution in [0.5, 0.6) is 0 Å². The Kier molecular flexibility index (Phi) is 1.86. The van der Waals surface area contributed by atoms with E-state index in [1.807, 2.05) is 0 Å². The quantitative estimate of drug-likeness (QED) is 0.688. The number of rotatable bonds is 1. The summed E-state index contributed by atoms with van der Waals surface area (Å²) in [7, 11) is 1.48. The van der Waals surface area contributed by atoms with Crippen LogP contribution in [0.3, 0.4) is 0 Å². The van der Waals surface area contributed by atoms with Gasteiger partial charge in [-0.15, -0.1) is 0 Å². The minimum atomic E-state index is -0.0888. The van der Waals surface area contributed by atoms with Crippen molar-refractivity contribution >= 4 is 5.97 Å². The zero-order valence-corrected chi connectivity index (χ0v) is 10.4. The number of esters is 1. The lowest BCUT2D eigenvalue weighted by Crippen LogP contribution is -2.31. The number of nitrogens with one attached hydrogen (secondary N) is 1. The van der Waals surface area contributed by atoms with Crippen molar-refractivity contribution < 1.29 is 9.53 Å². The molecule has 3 aliphatic rings. The first-order chi connectivity index (χ1) is 7.51. The predicted molar refractivity (Wildman–Crippen MR) is 60.9 cm³/mol. The molecule has 90 valence electrons. The van der Waals surface area contributed by atoms with Crippen molar-refractivity contribution in [2.24, 2.45) is 16.2 Å². The van der Waals surface area contributed by atoms with Crippen molar-refractivity contribution in [2.45, 2.75) is 45.6 Å². The van der Waals surface area contributed by atoms with Crippen LogP contribution >= 0.6 is 0 Å². The molecule has 2 atom stereocenters. The molecule has 3 fully saturated rings. The zero-order chi connectivity index (χ0) is 11.6. The lowest BCUT2D eigenvalue weighted by atomic mass is 9.73. The van der Waals surface area contributed by atoms with E-state index in [1.165, 1.54) is 26.4 Å². The molecule has 0 amide bonds. The summed E-state index contributed by atoms with van der Waals surface area (Å²) in [5, 5.41) is 3.36. The molecule has 1 heterocycles. The molecule has 1 N–H and O–H groups in total. The van der Waals surface area contributed by atoms with Gasteiger partial charge in [0.1, 0.15) is 6.04 Å². The van der Waals surface area contributed by atoms with E-state index in [0.717, 1.165) is 13.0 Å². The second-order valence-electron chi connectivity index (χ2n) is 6.30. The molecule has 16 heavy (non-hydrogen) atoms. The molecule has 3 heteroatoms. The van der Waals surface area contributed by atoms with Crippen molar-refractivity contribution in [3.8, 4) is 0 Å². The summed E-state index contributed by atoms with van der Waals surface area (Å²) < 4.78 is 4.84. The average molecular weight is 223 g/mol. The molecular formula is C13H21NO2. The molecule has 0 radical (unpaired) electrons. The Balaban J connectivity index is 1.81. The van der Waals surface area contributed by atoms with Gasteiger partial charge in [-0.2, -0.15) is 0 Å². The van der Waals surface area contributed by atoms with Gasteiger partial charge in [-0.25, -0.2) is 0 Å². The number of hydrogen-bond donors (Lipinski definition) is 1. The average Bonchev–Trinajstić information content (AvgIpc) is 2.50. The summed E-state index contributed by atoms with van der Waals surface area (Å²) in [6, 6.07) is -0.0655. The van der Waals surface area contributed by atoms with E-state index in [2.05, 4.69) is 19.2 Å². The Labute approximate surface area is 96.9 Å². The van der Waals surface area contributed by atoms with Gasteiger partial charge >= 0.3 is 5.97 Å². The summed E-state index contributed by atoms with van der Waals surface area (Å²) in [6.45, 7) is 5.76. The third-order valence-corrected chi connectivity index (χ3v) is 6.14. The smallest absolute Gasteiger partial charge is 0.322 e. The number of carbonyl (C=O) groups is 1. The van der Waals surface area contributed by atoms with Gasteiger partial charge in [0.05, 0.1) is 7.11 Å². The fourth-order valence-electron chi connectivity index (χ4n) is 4.83. The van der Waals surface area contributed by atoms with E-state index >= 15 is 0 Å². The summed E-state index contributed by atoms with van der Waals surface area (Å²) in [6.07, 6.45) is 5.06. The van der Waals surface area contributed by atoms with E-state index in [9.17, 15) is 4.79 Å². The van der Waals surface area contributed by atoms with Gasteiger partial charge in [-0.05, 0) is 35.5 Å². The Morgan fingerprint density at radius 3 is 2.44 bits per heavy atom. The maximum Gasteiger partial charge on any atom is 0.322 e. The third kappa shape index (κ3) is 0.849. The summed E-state index contributed by atoms with van der Waals surface area (Å²) in [5.41, 5.74) is 1.32. The van der Waals surface area contributed by atoms with Gasteiger partial charge in [-0.1, -0.05) is 20.3 Å². The summed E-state index contributed by atoms with van der Waals surface area (Å²) in [5.74, 6) is -0.0888. The van der Waals surface area contributed by atoms with Gasteiger partial charge in [-0.3, -0.25) is 4.79 Å². The highest BCUT2D eigenvalue weighted by Crippen LogP contribution is 2.87. The highest BCUT2D eigenvalue weighted by molar-refractivity contribution is 5.76. The van der Waals surface area contributed by atoms with Gasteiger partial charge in [0.15, 0.2) is 0 Å². The molecule has 2 spiro atoms. The molecule has 2 aliphatic carbocycles. The first kappa shape index (κ1) is 10.6. The van der Waals surface area contributed by atoms with E-state index in [1.54, 1.807) is 0 Å². The fourth-order valence-corrected chi connectivity index (χ4v) is 4.83. The van der Waals surface area contributed by atoms with E-state index in [4.69, 9.17) is 4.74 Å². The third-order valence-electron chi connectivity index (χ3n) is 6.14. The molecule has 0 bridgehead atoms. The second-order valence-corrected chi connectivity index (χ2v) is 6.30. The van der Waals surface area contributed by atoms with Crippen LogP contribution in [0.1, 0.15) is 39.5 Å². The Bertz CT molecular complexity index is 346. The first-order valence-corrected chi connectivity index (χ1v) is 6.32. The van der Waals surface area contributed by atoms with Crippen molar-refractivity contribution in [2.75, 3.05) is 13.7 Å². The number of methoxy groups -OCH3 is 1. The molecule has 2 saturated carbocycles. The van der Waals surface area contributed by atoms with Crippen LogP contribution in [-0.2, 0) is 9.53 Å². The van der Waals surface area contributed by atoms with Crippen molar-refractivity contribution in [3.05, 3.63) is 0 Å². The topological polar surface area (TPSA) is 38.3 Å². The Hall–Kier alpha value is -0.570. The molecule has 0 aromatic carbocycles. The molecule has 3 nitrogen and oxygen atoms in total. The summed E-state index contributed by atoms with van der Waals surface area (Å²) >= 11 is 0. The van der Waals surface area contributed by atoms with Gasteiger partial charge in [0.2, 0.25) is 0 Å². The van der Waals surface area contributed by atoms with Crippen LogP contribution in [-0.4, -0.2) is 25.7 Å². The number of fused-ring (bicyclic) bond motifs is 1. The molecule has 1 aliphatic heterocycles. The fraction of sp³-hybridized carbons (Fsp3) is 0.923. The largest absolute Gasteiger partial charge is 0.468 e. The van der Waals surface area contributed by atoms with Crippen LogP contribution in [0.4, 0.5) is 0 Å². The van der Waals surface area contributed by atoms with Crippen LogP contribution in [0.15, 0.2) is 0 Å². The first-order valence-electron chi connectivity index (χ1n) is 6.32. The Morgan fingerprint density at radius 1 is 1.31 bits per heavy atom. The lowest BCUT2D eigenvalue weighted by molar-refractivity contribution is -0.142. The highest BCUT2D eigenvalue weighted by atomic mass is 16.5. The van der Waals surface area contributed by atoms with Crippen molar-refractivity contribution in [1.29, 1.82) is 0 Å². The monoisotopic (exact) mass is 223 g/mol. The minimum absolute atomic E-state index is 0.0655. The van der Waals surface area contributed by atoms with Crippen LogP contribution in [0, 0.1) is 16.2 Å². The predicted octanol–water partition coefficient (Wildman–Crippen LogP) is 1.72. The number of hydrogen-bond acceptors (Lipinski definition) is 3. The van der Waals surface area contributed by atoms with Crippen LogP contribution < -0.4 is 5.32 Å². The molecule has 0 aromatic heterocycles. The number of ether oxygens (including phenoxy) is 1. The molecule has 2 unspecified atom stereocenters. The van der Waals surface area contributed by atoms with Crippen molar-refractivity contribution in [3.63, 3.8) is 0 Å². The standard InChI is InChI=1S/C13H21NO2/c1-11(2)12(5-4-6-12)13(11)7-9(14-8-13)10(15)16-3/h9,14H,4-8H2,1-3H3. The van der Waals surface area contributed by atoms with Gasteiger partial charge in [0, 0.05) is 6.54 Å². The Morgan fingerprint density at radius 2 is 2.00 bits per heavy atom. The molecule has 0 aromatic rings.